The molecule has 0 aliphatic heterocycles. The molecule has 0 saturated heterocycles. The molecule has 0 aliphatic carbocycles. The highest BCUT2D eigenvalue weighted by molar-refractivity contribution is 6.63. The first-order valence-electron chi connectivity index (χ1n) is 3.45. The van der Waals surface area contributed by atoms with Gasteiger partial charge in [-0.1, -0.05) is 43.3 Å². The van der Waals surface area contributed by atoms with Crippen molar-refractivity contribution >= 4 is 16.8 Å². The molecular formula is C9H13ClO2. The predicted molar refractivity (Wildman–Crippen MR) is 51.2 cm³/mol. The highest BCUT2D eigenvalue weighted by atomic mass is 35.5. The van der Waals surface area contributed by atoms with Gasteiger partial charge in [-0.25, -0.2) is 0 Å². The summed E-state index contributed by atoms with van der Waals surface area (Å²) in [5.41, 5.74) is 0. The van der Waals surface area contributed by atoms with Crippen molar-refractivity contribution in [3.05, 3.63) is 36.4 Å². The summed E-state index contributed by atoms with van der Waals surface area (Å²) in [6.07, 6.45) is 0.432. The van der Waals surface area contributed by atoms with E-state index in [1.54, 1.807) is 6.92 Å². The van der Waals surface area contributed by atoms with E-state index < -0.39 is 0 Å². The second-order valence-electron chi connectivity index (χ2n) is 1.86. The van der Waals surface area contributed by atoms with E-state index in [9.17, 15) is 4.79 Å². The largest absolute Gasteiger partial charge is 0.412 e. The van der Waals surface area contributed by atoms with Crippen LogP contribution in [-0.2, 0) is 4.79 Å². The van der Waals surface area contributed by atoms with Crippen LogP contribution >= 0.6 is 11.6 Å². The monoisotopic (exact) mass is 188 g/mol. The Hall–Kier alpha value is -0.860. The lowest BCUT2D eigenvalue weighted by Gasteiger charge is -1.69. The van der Waals surface area contributed by atoms with Crippen molar-refractivity contribution in [2.24, 2.45) is 0 Å². The molecule has 1 aromatic rings. The van der Waals surface area contributed by atoms with Gasteiger partial charge in [-0.15, -0.1) is 0 Å². The molecule has 0 amide bonds. The van der Waals surface area contributed by atoms with Crippen LogP contribution in [0.5, 0.6) is 0 Å². The normalized spacial score (nSPS) is 7.17. The summed E-state index contributed by atoms with van der Waals surface area (Å²) in [4.78, 5) is 9.58. The Kier molecular flexibility index (Phi) is 11.6. The lowest BCUT2D eigenvalue weighted by Crippen LogP contribution is -1.74. The average Bonchev–Trinajstić information content (AvgIpc) is 2.09. The predicted octanol–water partition coefficient (Wildman–Crippen LogP) is 2.02. The summed E-state index contributed by atoms with van der Waals surface area (Å²) in [6, 6.07) is 12.0. The van der Waals surface area contributed by atoms with E-state index in [0.717, 1.165) is 0 Å². The van der Waals surface area contributed by atoms with E-state index in [1.165, 1.54) is 0 Å². The Bertz CT molecular complexity index is 160. The third kappa shape index (κ3) is 11.9. The molecule has 2 N–H and O–H groups in total. The Labute approximate surface area is 77.5 Å². The molecule has 0 spiro atoms. The van der Waals surface area contributed by atoms with Crippen LogP contribution in [0.15, 0.2) is 36.4 Å². The molecule has 0 radical (unpaired) electrons. The number of hydrogen-bond acceptors (Lipinski definition) is 1. The number of halogens is 1. The highest BCUT2D eigenvalue weighted by Gasteiger charge is 1.81. The fraction of sp³-hybridized carbons (Fsp3) is 0.222. The van der Waals surface area contributed by atoms with Crippen LogP contribution < -0.4 is 0 Å². The summed E-state index contributed by atoms with van der Waals surface area (Å²) in [5, 5.41) is -0.273. The first-order chi connectivity index (χ1) is 5.27. The van der Waals surface area contributed by atoms with Gasteiger partial charge in [0, 0.05) is 6.42 Å². The van der Waals surface area contributed by atoms with Crippen molar-refractivity contribution < 1.29 is 10.3 Å². The van der Waals surface area contributed by atoms with Crippen molar-refractivity contribution in [2.75, 3.05) is 0 Å². The maximum atomic E-state index is 9.58. The first-order valence-corrected chi connectivity index (χ1v) is 3.83. The molecule has 12 heavy (non-hydrogen) atoms. The van der Waals surface area contributed by atoms with E-state index in [2.05, 4.69) is 0 Å². The van der Waals surface area contributed by atoms with Crippen molar-refractivity contribution in [2.45, 2.75) is 13.3 Å². The summed E-state index contributed by atoms with van der Waals surface area (Å²) in [6.45, 7) is 1.72. The number of rotatable bonds is 1. The van der Waals surface area contributed by atoms with Crippen LogP contribution in [-0.4, -0.2) is 10.7 Å². The number of hydrogen-bond donors (Lipinski definition) is 0. The van der Waals surface area contributed by atoms with Gasteiger partial charge in [-0.05, 0) is 11.6 Å². The fourth-order valence-corrected chi connectivity index (χ4v) is 0.385. The Morgan fingerprint density at radius 1 is 1.08 bits per heavy atom. The van der Waals surface area contributed by atoms with Gasteiger partial charge in [0.15, 0.2) is 0 Å². The second-order valence-corrected chi connectivity index (χ2v) is 2.28. The zero-order chi connectivity index (χ0) is 8.53. The Morgan fingerprint density at radius 3 is 1.33 bits per heavy atom. The molecule has 0 unspecified atom stereocenters. The number of carbonyl (C=O) groups excluding carboxylic acids is 1. The van der Waals surface area contributed by atoms with Crippen LogP contribution in [0, 0.1) is 0 Å². The van der Waals surface area contributed by atoms with Gasteiger partial charge in [0.2, 0.25) is 5.24 Å². The van der Waals surface area contributed by atoms with Gasteiger partial charge < -0.3 is 5.48 Å². The Morgan fingerprint density at radius 2 is 1.25 bits per heavy atom. The topological polar surface area (TPSA) is 48.6 Å². The van der Waals surface area contributed by atoms with E-state index in [-0.39, 0.29) is 10.7 Å². The molecule has 3 heteroatoms. The van der Waals surface area contributed by atoms with Gasteiger partial charge >= 0.3 is 0 Å². The smallest absolute Gasteiger partial charge is 0.221 e. The minimum atomic E-state index is -0.273. The van der Waals surface area contributed by atoms with Gasteiger partial charge in [0.05, 0.1) is 0 Å². The molecule has 1 aromatic carbocycles. The third-order valence-electron chi connectivity index (χ3n) is 0.945. The lowest BCUT2D eigenvalue weighted by atomic mass is 10.4. The number of benzene rings is 1. The van der Waals surface area contributed by atoms with Gasteiger partial charge in [0.25, 0.3) is 0 Å². The molecule has 1 rings (SSSR count). The quantitative estimate of drug-likeness (QED) is 0.622. The summed E-state index contributed by atoms with van der Waals surface area (Å²) < 4.78 is 0. The van der Waals surface area contributed by atoms with Crippen molar-refractivity contribution in [3.63, 3.8) is 0 Å². The van der Waals surface area contributed by atoms with E-state index >= 15 is 0 Å². The molecule has 0 aliphatic rings. The van der Waals surface area contributed by atoms with Crippen LogP contribution in [0.3, 0.4) is 0 Å². The molecule has 0 bridgehead atoms. The molecule has 0 heterocycles. The molecule has 2 nitrogen and oxygen atoms in total. The lowest BCUT2D eigenvalue weighted by molar-refractivity contribution is -0.111. The zero-order valence-electron chi connectivity index (χ0n) is 6.96. The maximum absolute atomic E-state index is 9.58. The minimum Gasteiger partial charge on any atom is -0.412 e. The fourth-order valence-electron chi connectivity index (χ4n) is 0.385. The highest BCUT2D eigenvalue weighted by Crippen LogP contribution is 1.81. The third-order valence-corrected chi connectivity index (χ3v) is 1.21. The number of carbonyl (C=O) groups is 1. The molecule has 0 aromatic heterocycles. The second kappa shape index (κ2) is 10.1. The van der Waals surface area contributed by atoms with Gasteiger partial charge in [0.1, 0.15) is 0 Å². The zero-order valence-corrected chi connectivity index (χ0v) is 7.71. The van der Waals surface area contributed by atoms with Crippen LogP contribution in [0.4, 0.5) is 0 Å². The SMILES string of the molecule is CCC(=O)Cl.O.c1ccccc1. The molecule has 0 saturated carbocycles. The van der Waals surface area contributed by atoms with Gasteiger partial charge in [-0.3, -0.25) is 4.79 Å². The summed E-state index contributed by atoms with van der Waals surface area (Å²) in [7, 11) is 0. The molecule has 0 fully saturated rings. The van der Waals surface area contributed by atoms with E-state index in [1.807, 2.05) is 36.4 Å². The molecule has 68 valence electrons. The Balaban J connectivity index is 0. The summed E-state index contributed by atoms with van der Waals surface area (Å²) >= 11 is 4.82. The molecule has 0 atom stereocenters. The van der Waals surface area contributed by atoms with Crippen molar-refractivity contribution in [1.29, 1.82) is 0 Å². The first kappa shape index (κ1) is 13.7. The van der Waals surface area contributed by atoms with Crippen LogP contribution in [0.25, 0.3) is 0 Å². The van der Waals surface area contributed by atoms with Crippen molar-refractivity contribution in [1.82, 2.24) is 0 Å². The summed E-state index contributed by atoms with van der Waals surface area (Å²) in [5.74, 6) is 0. The maximum Gasteiger partial charge on any atom is 0.221 e. The van der Waals surface area contributed by atoms with Crippen LogP contribution in [0.2, 0.25) is 0 Å². The van der Waals surface area contributed by atoms with Crippen LogP contribution in [0.1, 0.15) is 13.3 Å². The minimum absolute atomic E-state index is 0. The molecular weight excluding hydrogens is 176 g/mol. The van der Waals surface area contributed by atoms with E-state index in [4.69, 9.17) is 11.6 Å². The van der Waals surface area contributed by atoms with Crippen molar-refractivity contribution in [3.8, 4) is 0 Å². The standard InChI is InChI=1S/C6H6.C3H5ClO.H2O/c1-2-4-6-5-3-1;1-2-3(4)5;/h1-6H;2H2,1H3;1H2. The van der Waals surface area contributed by atoms with Gasteiger partial charge in [-0.2, -0.15) is 0 Å². The average molecular weight is 189 g/mol. The van der Waals surface area contributed by atoms with E-state index in [0.29, 0.717) is 6.42 Å².